The first-order valence-electron chi connectivity index (χ1n) is 6.86. The summed E-state index contributed by atoms with van der Waals surface area (Å²) in [4.78, 5) is 0. The zero-order valence-corrected chi connectivity index (χ0v) is 11.0. The molecule has 108 valence electrons. The van der Waals surface area contributed by atoms with E-state index in [1.807, 2.05) is 0 Å². The van der Waals surface area contributed by atoms with Crippen molar-refractivity contribution in [2.75, 3.05) is 6.54 Å². The lowest BCUT2D eigenvalue weighted by molar-refractivity contribution is -0.139. The number of alkyl halides is 3. The first-order valence-corrected chi connectivity index (χ1v) is 6.86. The summed E-state index contributed by atoms with van der Waals surface area (Å²) in [6.07, 6.45) is 0.869. The summed E-state index contributed by atoms with van der Waals surface area (Å²) in [6.45, 7) is 2.16. The van der Waals surface area contributed by atoms with E-state index in [0.29, 0.717) is 12.5 Å². The highest BCUT2D eigenvalue weighted by Crippen LogP contribution is 2.27. The van der Waals surface area contributed by atoms with Crippen molar-refractivity contribution in [3.05, 3.63) is 0 Å². The lowest BCUT2D eigenvalue weighted by atomic mass is 9.83. The molecule has 0 aliphatic heterocycles. The first kappa shape index (κ1) is 15.8. The Hall–Kier alpha value is -0.290. The maximum Gasteiger partial charge on any atom is 0.390 e. The van der Waals surface area contributed by atoms with E-state index in [-0.39, 0.29) is 6.10 Å². The van der Waals surface area contributed by atoms with Gasteiger partial charge in [0.05, 0.1) is 12.5 Å². The first-order chi connectivity index (χ1) is 8.38. The summed E-state index contributed by atoms with van der Waals surface area (Å²) in [5.74, 6) is 0.346. The fraction of sp³-hybridized carbons (Fsp3) is 1.00. The molecule has 0 aromatic carbocycles. The summed E-state index contributed by atoms with van der Waals surface area (Å²) in [6, 6.07) is -0.527. The van der Waals surface area contributed by atoms with Crippen LogP contribution < -0.4 is 5.32 Å². The number of halogens is 3. The van der Waals surface area contributed by atoms with Gasteiger partial charge in [-0.2, -0.15) is 13.2 Å². The third kappa shape index (κ3) is 6.59. The van der Waals surface area contributed by atoms with E-state index in [2.05, 4.69) is 5.32 Å². The summed E-state index contributed by atoms with van der Waals surface area (Å²) in [5.41, 5.74) is 0. The lowest BCUT2D eigenvalue weighted by Crippen LogP contribution is -2.32. The van der Waals surface area contributed by atoms with Crippen molar-refractivity contribution in [3.63, 3.8) is 0 Å². The van der Waals surface area contributed by atoms with E-state index < -0.39 is 18.6 Å². The Balaban J connectivity index is 2.07. The molecule has 18 heavy (non-hydrogen) atoms. The molecule has 1 rings (SSSR count). The Morgan fingerprint density at radius 1 is 1.28 bits per heavy atom. The van der Waals surface area contributed by atoms with Gasteiger partial charge in [0.2, 0.25) is 0 Å². The minimum Gasteiger partial charge on any atom is -0.393 e. The average molecular weight is 267 g/mol. The van der Waals surface area contributed by atoms with E-state index in [9.17, 15) is 18.3 Å². The fourth-order valence-electron chi connectivity index (χ4n) is 2.66. The van der Waals surface area contributed by atoms with Crippen LogP contribution in [0.4, 0.5) is 13.2 Å². The molecule has 0 aromatic rings. The van der Waals surface area contributed by atoms with Gasteiger partial charge in [-0.3, -0.25) is 0 Å². The van der Waals surface area contributed by atoms with Crippen LogP contribution in [0.15, 0.2) is 0 Å². The molecule has 2 N–H and O–H groups in total. The molecule has 3 unspecified atom stereocenters. The van der Waals surface area contributed by atoms with Gasteiger partial charge in [0, 0.05) is 6.04 Å². The molecule has 5 heteroatoms. The maximum absolute atomic E-state index is 12.1. The van der Waals surface area contributed by atoms with Gasteiger partial charge in [0.1, 0.15) is 0 Å². The predicted octanol–water partition coefficient (Wildman–Crippen LogP) is 3.25. The fourth-order valence-corrected chi connectivity index (χ4v) is 2.66. The van der Waals surface area contributed by atoms with Crippen LogP contribution in [0.3, 0.4) is 0 Å². The number of hydrogen-bond donors (Lipinski definition) is 2. The van der Waals surface area contributed by atoms with Gasteiger partial charge in [-0.15, -0.1) is 0 Å². The van der Waals surface area contributed by atoms with Gasteiger partial charge in [0.15, 0.2) is 0 Å². The molecule has 0 spiro atoms. The Labute approximate surface area is 107 Å². The van der Waals surface area contributed by atoms with Crippen molar-refractivity contribution >= 4 is 0 Å². The Morgan fingerprint density at radius 2 is 1.94 bits per heavy atom. The number of nitrogens with one attached hydrogen (secondary N) is 1. The number of hydrogen-bond acceptors (Lipinski definition) is 2. The van der Waals surface area contributed by atoms with Gasteiger partial charge in [-0.25, -0.2) is 0 Å². The monoisotopic (exact) mass is 267 g/mol. The highest BCUT2D eigenvalue weighted by molar-refractivity contribution is 4.75. The van der Waals surface area contributed by atoms with Crippen molar-refractivity contribution < 1.29 is 18.3 Å². The van der Waals surface area contributed by atoms with Gasteiger partial charge < -0.3 is 10.4 Å². The summed E-state index contributed by atoms with van der Waals surface area (Å²) < 4.78 is 36.3. The molecule has 0 saturated heterocycles. The van der Waals surface area contributed by atoms with Crippen LogP contribution in [-0.2, 0) is 0 Å². The molecule has 1 aliphatic carbocycles. The predicted molar refractivity (Wildman–Crippen MR) is 65.3 cm³/mol. The highest BCUT2D eigenvalue weighted by atomic mass is 19.4. The SMILES string of the molecule is CC(CC(F)(F)F)NCCCC1CCCCC1O. The molecular formula is C13H24F3NO. The van der Waals surface area contributed by atoms with Crippen LogP contribution >= 0.6 is 0 Å². The van der Waals surface area contributed by atoms with Crippen LogP contribution in [0.1, 0.15) is 51.9 Å². The zero-order valence-electron chi connectivity index (χ0n) is 11.0. The normalized spacial score (nSPS) is 27.2. The number of aliphatic hydroxyl groups is 1. The van der Waals surface area contributed by atoms with E-state index in [1.54, 1.807) is 6.92 Å². The third-order valence-electron chi connectivity index (χ3n) is 3.65. The molecule has 1 fully saturated rings. The highest BCUT2D eigenvalue weighted by Gasteiger charge is 2.29. The lowest BCUT2D eigenvalue weighted by Gasteiger charge is -2.27. The molecule has 0 amide bonds. The summed E-state index contributed by atoms with van der Waals surface area (Å²) >= 11 is 0. The van der Waals surface area contributed by atoms with E-state index in [1.165, 1.54) is 6.42 Å². The molecule has 2 nitrogen and oxygen atoms in total. The van der Waals surface area contributed by atoms with Crippen LogP contribution in [0, 0.1) is 5.92 Å². The smallest absolute Gasteiger partial charge is 0.390 e. The second-order valence-electron chi connectivity index (χ2n) is 5.43. The topological polar surface area (TPSA) is 32.3 Å². The van der Waals surface area contributed by atoms with Crippen molar-refractivity contribution in [1.82, 2.24) is 5.32 Å². The van der Waals surface area contributed by atoms with Gasteiger partial charge in [-0.05, 0) is 45.1 Å². The average Bonchev–Trinajstić information content (AvgIpc) is 2.24. The minimum absolute atomic E-state index is 0.202. The Kier molecular flexibility index (Phi) is 6.43. The quantitative estimate of drug-likeness (QED) is 0.724. The molecule has 0 aromatic heterocycles. The molecule has 3 atom stereocenters. The van der Waals surface area contributed by atoms with Gasteiger partial charge in [-0.1, -0.05) is 12.8 Å². The van der Waals surface area contributed by atoms with Crippen molar-refractivity contribution in [2.24, 2.45) is 5.92 Å². The van der Waals surface area contributed by atoms with Crippen molar-refractivity contribution in [3.8, 4) is 0 Å². The minimum atomic E-state index is -4.09. The van der Waals surface area contributed by atoms with Gasteiger partial charge in [0.25, 0.3) is 0 Å². The Morgan fingerprint density at radius 3 is 2.56 bits per heavy atom. The van der Waals surface area contributed by atoms with Gasteiger partial charge >= 0.3 is 6.18 Å². The standard InChI is InChI=1S/C13H24F3NO/c1-10(9-13(14,15)16)17-8-4-6-11-5-2-3-7-12(11)18/h10-12,17-18H,2-9H2,1H3. The van der Waals surface area contributed by atoms with Crippen LogP contribution in [0.25, 0.3) is 0 Å². The molecule has 0 heterocycles. The molecule has 0 radical (unpaired) electrons. The van der Waals surface area contributed by atoms with Crippen molar-refractivity contribution in [1.29, 1.82) is 0 Å². The third-order valence-corrected chi connectivity index (χ3v) is 3.65. The Bertz CT molecular complexity index is 233. The van der Waals surface area contributed by atoms with Crippen LogP contribution in [0.2, 0.25) is 0 Å². The molecule has 1 aliphatic rings. The summed E-state index contributed by atoms with van der Waals surface area (Å²) in [7, 11) is 0. The van der Waals surface area contributed by atoms with Crippen LogP contribution in [-0.4, -0.2) is 30.0 Å². The molecule has 1 saturated carbocycles. The molecule has 0 bridgehead atoms. The maximum atomic E-state index is 12.1. The second-order valence-corrected chi connectivity index (χ2v) is 5.43. The number of rotatable bonds is 6. The van der Waals surface area contributed by atoms with Crippen molar-refractivity contribution in [2.45, 2.75) is 70.2 Å². The van der Waals surface area contributed by atoms with E-state index >= 15 is 0 Å². The number of aliphatic hydroxyl groups excluding tert-OH is 1. The summed E-state index contributed by atoms with van der Waals surface area (Å²) in [5, 5.41) is 12.7. The van der Waals surface area contributed by atoms with E-state index in [4.69, 9.17) is 0 Å². The molecular weight excluding hydrogens is 243 g/mol. The zero-order chi connectivity index (χ0) is 13.6. The largest absolute Gasteiger partial charge is 0.393 e. The second kappa shape index (κ2) is 7.34. The van der Waals surface area contributed by atoms with Crippen LogP contribution in [0.5, 0.6) is 0 Å². The van der Waals surface area contributed by atoms with E-state index in [0.717, 1.165) is 32.1 Å².